The van der Waals surface area contributed by atoms with Crippen molar-refractivity contribution in [2.24, 2.45) is 0 Å². The molecule has 0 unspecified atom stereocenters. The molecule has 1 aromatic rings. The Bertz CT molecular complexity index is 471. The number of ether oxygens (including phenoxy) is 2. The minimum atomic E-state index is -0.225. The molecule has 102 valence electrons. The minimum absolute atomic E-state index is 0.112. The zero-order valence-electron chi connectivity index (χ0n) is 10.6. The van der Waals surface area contributed by atoms with Gasteiger partial charge in [0.2, 0.25) is 0 Å². The average molecular weight is 283 g/mol. The molecule has 1 amide bonds. The van der Waals surface area contributed by atoms with Crippen LogP contribution in [0.1, 0.15) is 12.0 Å². The van der Waals surface area contributed by atoms with Crippen molar-refractivity contribution < 1.29 is 14.3 Å². The van der Waals surface area contributed by atoms with Gasteiger partial charge >= 0.3 is 0 Å². The molecule has 0 aliphatic rings. The molecular weight excluding hydrogens is 268 g/mol. The molecule has 0 bridgehead atoms. The fourth-order valence-corrected chi connectivity index (χ4v) is 1.56. The summed E-state index contributed by atoms with van der Waals surface area (Å²) in [6, 6.07) is 6.61. The van der Waals surface area contributed by atoms with E-state index in [2.05, 4.69) is 5.32 Å². The number of nitrogens with one attached hydrogen (secondary N) is 1. The Kier molecular flexibility index (Phi) is 6.72. The van der Waals surface area contributed by atoms with E-state index in [0.29, 0.717) is 29.5 Å². The third-order valence-electron chi connectivity index (χ3n) is 2.27. The molecule has 0 spiro atoms. The van der Waals surface area contributed by atoms with Crippen molar-refractivity contribution in [3.05, 3.63) is 28.8 Å². The second kappa shape index (κ2) is 8.35. The number of nitriles is 1. The quantitative estimate of drug-likeness (QED) is 0.773. The highest BCUT2D eigenvalue weighted by molar-refractivity contribution is 6.32. The first-order chi connectivity index (χ1) is 9.17. The smallest absolute Gasteiger partial charge is 0.257 e. The molecule has 5 nitrogen and oxygen atoms in total. The molecule has 0 aliphatic carbocycles. The lowest BCUT2D eigenvalue weighted by atomic mass is 10.2. The summed E-state index contributed by atoms with van der Waals surface area (Å²) < 4.78 is 10.1. The molecule has 0 radical (unpaired) electrons. The third kappa shape index (κ3) is 5.60. The Morgan fingerprint density at radius 3 is 2.95 bits per heavy atom. The van der Waals surface area contributed by atoms with Gasteiger partial charge in [-0.3, -0.25) is 4.79 Å². The summed E-state index contributed by atoms with van der Waals surface area (Å²) in [5, 5.41) is 11.7. The van der Waals surface area contributed by atoms with E-state index in [1.807, 2.05) is 6.07 Å². The molecule has 6 heteroatoms. The first-order valence-corrected chi connectivity index (χ1v) is 6.13. The molecule has 0 aromatic heterocycles. The van der Waals surface area contributed by atoms with Crippen LogP contribution in [0.2, 0.25) is 5.02 Å². The van der Waals surface area contributed by atoms with Gasteiger partial charge in [-0.05, 0) is 24.6 Å². The summed E-state index contributed by atoms with van der Waals surface area (Å²) in [5.41, 5.74) is 0.446. The Labute approximate surface area is 117 Å². The van der Waals surface area contributed by atoms with Crippen molar-refractivity contribution in [2.75, 3.05) is 26.9 Å². The van der Waals surface area contributed by atoms with Gasteiger partial charge < -0.3 is 14.8 Å². The highest BCUT2D eigenvalue weighted by atomic mass is 35.5. The molecule has 19 heavy (non-hydrogen) atoms. The van der Waals surface area contributed by atoms with Crippen LogP contribution in [-0.4, -0.2) is 32.8 Å². The zero-order chi connectivity index (χ0) is 14.1. The maximum absolute atomic E-state index is 11.4. The number of hydrogen-bond donors (Lipinski definition) is 1. The van der Waals surface area contributed by atoms with Gasteiger partial charge in [0, 0.05) is 20.3 Å². The van der Waals surface area contributed by atoms with Crippen molar-refractivity contribution in [3.8, 4) is 11.8 Å². The Hall–Kier alpha value is -1.77. The summed E-state index contributed by atoms with van der Waals surface area (Å²) in [5.74, 6) is 0.157. The van der Waals surface area contributed by atoms with Crippen molar-refractivity contribution in [1.29, 1.82) is 5.26 Å². The van der Waals surface area contributed by atoms with Crippen LogP contribution < -0.4 is 10.1 Å². The second-order valence-electron chi connectivity index (χ2n) is 3.74. The molecule has 0 heterocycles. The van der Waals surface area contributed by atoms with Crippen molar-refractivity contribution in [1.82, 2.24) is 5.32 Å². The Morgan fingerprint density at radius 1 is 1.53 bits per heavy atom. The molecule has 0 saturated heterocycles. The van der Waals surface area contributed by atoms with Gasteiger partial charge in [-0.1, -0.05) is 11.6 Å². The van der Waals surface area contributed by atoms with Gasteiger partial charge in [0.15, 0.2) is 6.61 Å². The van der Waals surface area contributed by atoms with Gasteiger partial charge in [0.25, 0.3) is 5.91 Å². The van der Waals surface area contributed by atoms with Crippen LogP contribution in [0.4, 0.5) is 0 Å². The maximum Gasteiger partial charge on any atom is 0.257 e. The number of carbonyl (C=O) groups is 1. The predicted octanol–water partition coefficient (Wildman–Crippen LogP) is 1.74. The van der Waals surface area contributed by atoms with Crippen LogP contribution in [0.15, 0.2) is 18.2 Å². The van der Waals surface area contributed by atoms with Crippen molar-refractivity contribution >= 4 is 17.5 Å². The standard InChI is InChI=1S/C13H15ClN2O3/c1-18-6-2-5-16-13(17)9-19-12-4-3-10(8-15)7-11(12)14/h3-4,7H,2,5-6,9H2,1H3,(H,16,17). The number of amides is 1. The SMILES string of the molecule is COCCCNC(=O)COc1ccc(C#N)cc1Cl. The van der Waals surface area contributed by atoms with Crippen LogP contribution in [0.3, 0.4) is 0 Å². The van der Waals surface area contributed by atoms with Crippen LogP contribution in [0.5, 0.6) is 5.75 Å². The van der Waals surface area contributed by atoms with E-state index >= 15 is 0 Å². The first-order valence-electron chi connectivity index (χ1n) is 5.75. The maximum atomic E-state index is 11.4. The summed E-state index contributed by atoms with van der Waals surface area (Å²) in [6.07, 6.45) is 0.750. The fraction of sp³-hybridized carbons (Fsp3) is 0.385. The molecular formula is C13H15ClN2O3. The number of benzene rings is 1. The fourth-order valence-electron chi connectivity index (χ4n) is 1.33. The van der Waals surface area contributed by atoms with Crippen molar-refractivity contribution in [3.63, 3.8) is 0 Å². The van der Waals surface area contributed by atoms with Crippen LogP contribution in [-0.2, 0) is 9.53 Å². The summed E-state index contributed by atoms with van der Waals surface area (Å²) in [6.45, 7) is 1.03. The normalized spacial score (nSPS) is 9.74. The predicted molar refractivity (Wildman–Crippen MR) is 71.2 cm³/mol. The Balaban J connectivity index is 2.36. The highest BCUT2D eigenvalue weighted by Gasteiger charge is 2.06. The molecule has 1 N–H and O–H groups in total. The van der Waals surface area contributed by atoms with Crippen LogP contribution >= 0.6 is 11.6 Å². The largest absolute Gasteiger partial charge is 0.482 e. The zero-order valence-corrected chi connectivity index (χ0v) is 11.4. The van der Waals surface area contributed by atoms with Crippen LogP contribution in [0, 0.1) is 11.3 Å². The number of carbonyl (C=O) groups excluding carboxylic acids is 1. The number of hydrogen-bond acceptors (Lipinski definition) is 4. The van der Waals surface area contributed by atoms with Gasteiger partial charge in [-0.2, -0.15) is 5.26 Å². The van der Waals surface area contributed by atoms with E-state index in [9.17, 15) is 4.79 Å². The van der Waals surface area contributed by atoms with Gasteiger partial charge in [-0.15, -0.1) is 0 Å². The molecule has 0 atom stereocenters. The lowest BCUT2D eigenvalue weighted by molar-refractivity contribution is -0.123. The number of rotatable bonds is 7. The van der Waals surface area contributed by atoms with E-state index in [0.717, 1.165) is 6.42 Å². The van der Waals surface area contributed by atoms with Gasteiger partial charge in [-0.25, -0.2) is 0 Å². The highest BCUT2D eigenvalue weighted by Crippen LogP contribution is 2.24. The number of halogens is 1. The second-order valence-corrected chi connectivity index (χ2v) is 4.15. The molecule has 1 aromatic carbocycles. The van der Waals surface area contributed by atoms with Crippen molar-refractivity contribution in [2.45, 2.75) is 6.42 Å². The third-order valence-corrected chi connectivity index (χ3v) is 2.56. The number of nitrogens with zero attached hydrogens (tertiary/aromatic N) is 1. The molecule has 0 saturated carbocycles. The average Bonchev–Trinajstić information content (AvgIpc) is 2.42. The minimum Gasteiger partial charge on any atom is -0.482 e. The molecule has 0 aliphatic heterocycles. The van der Waals surface area contributed by atoms with Crippen LogP contribution in [0.25, 0.3) is 0 Å². The monoisotopic (exact) mass is 282 g/mol. The first kappa shape index (κ1) is 15.3. The van der Waals surface area contributed by atoms with E-state index < -0.39 is 0 Å². The number of methoxy groups -OCH3 is 1. The van der Waals surface area contributed by atoms with E-state index in [1.54, 1.807) is 19.2 Å². The Morgan fingerprint density at radius 2 is 2.32 bits per heavy atom. The summed E-state index contributed by atoms with van der Waals surface area (Å²) in [4.78, 5) is 11.4. The molecule has 0 fully saturated rings. The molecule has 1 rings (SSSR count). The van der Waals surface area contributed by atoms with E-state index in [-0.39, 0.29) is 12.5 Å². The van der Waals surface area contributed by atoms with Gasteiger partial charge in [0.1, 0.15) is 5.75 Å². The lowest BCUT2D eigenvalue weighted by Crippen LogP contribution is -2.30. The topological polar surface area (TPSA) is 71.3 Å². The lowest BCUT2D eigenvalue weighted by Gasteiger charge is -2.08. The van der Waals surface area contributed by atoms with Gasteiger partial charge in [0.05, 0.1) is 16.7 Å². The van der Waals surface area contributed by atoms with E-state index in [1.165, 1.54) is 6.07 Å². The summed E-state index contributed by atoms with van der Waals surface area (Å²) in [7, 11) is 1.61. The van der Waals surface area contributed by atoms with E-state index in [4.69, 9.17) is 26.3 Å². The summed E-state index contributed by atoms with van der Waals surface area (Å²) >= 11 is 5.91.